The van der Waals surface area contributed by atoms with Gasteiger partial charge in [0, 0.05) is 25.3 Å². The van der Waals surface area contributed by atoms with Crippen LogP contribution in [0.25, 0.3) is 6.08 Å². The first-order valence-corrected chi connectivity index (χ1v) is 7.52. The van der Waals surface area contributed by atoms with Crippen molar-refractivity contribution in [1.82, 2.24) is 4.90 Å². The first kappa shape index (κ1) is 18.1. The number of benzene rings is 2. The average molecular weight is 344 g/mol. The summed E-state index contributed by atoms with van der Waals surface area (Å²) in [5.41, 5.74) is 0.536. The Morgan fingerprint density at radius 3 is 2.68 bits per heavy atom. The van der Waals surface area contributed by atoms with Crippen molar-refractivity contribution in [2.45, 2.75) is 0 Å². The molecule has 2 aromatic carbocycles. The first-order valence-electron chi connectivity index (χ1n) is 7.52. The fourth-order valence-electron chi connectivity index (χ4n) is 1.98. The van der Waals surface area contributed by atoms with Crippen molar-refractivity contribution in [3.63, 3.8) is 0 Å². The van der Waals surface area contributed by atoms with Crippen molar-refractivity contribution in [2.75, 3.05) is 20.2 Å². The SMILES string of the molecule is CN(CCOc1ccc(F)cc1)C(=O)/C=C/c1cccc([N+](=O)[O-])c1. The number of ether oxygens (including phenoxy) is 1. The van der Waals surface area contributed by atoms with Crippen molar-refractivity contribution in [2.24, 2.45) is 0 Å². The van der Waals surface area contributed by atoms with E-state index in [1.165, 1.54) is 53.5 Å². The van der Waals surface area contributed by atoms with E-state index >= 15 is 0 Å². The van der Waals surface area contributed by atoms with Gasteiger partial charge in [0.15, 0.2) is 0 Å². The molecule has 0 saturated heterocycles. The minimum atomic E-state index is -0.488. The summed E-state index contributed by atoms with van der Waals surface area (Å²) < 4.78 is 18.2. The molecule has 0 atom stereocenters. The number of hydrogen-bond acceptors (Lipinski definition) is 4. The Morgan fingerprint density at radius 1 is 1.28 bits per heavy atom. The molecule has 25 heavy (non-hydrogen) atoms. The molecule has 1 amide bonds. The molecule has 0 heterocycles. The molecular formula is C18H17FN2O4. The highest BCUT2D eigenvalue weighted by molar-refractivity contribution is 5.91. The van der Waals surface area contributed by atoms with Crippen LogP contribution in [0.3, 0.4) is 0 Å². The van der Waals surface area contributed by atoms with Gasteiger partial charge in [-0.1, -0.05) is 12.1 Å². The standard InChI is InChI=1S/C18H17FN2O4/c1-20(11-12-25-17-8-6-15(19)7-9-17)18(22)10-5-14-3-2-4-16(13-14)21(23)24/h2-10,13H,11-12H2,1H3/b10-5+. The van der Waals surface area contributed by atoms with Gasteiger partial charge in [-0.05, 0) is 35.9 Å². The number of hydrogen-bond donors (Lipinski definition) is 0. The zero-order valence-corrected chi connectivity index (χ0v) is 13.6. The van der Waals surface area contributed by atoms with E-state index in [-0.39, 0.29) is 24.0 Å². The minimum Gasteiger partial charge on any atom is -0.492 e. The van der Waals surface area contributed by atoms with E-state index in [2.05, 4.69) is 0 Å². The van der Waals surface area contributed by atoms with E-state index in [0.717, 1.165) is 0 Å². The average Bonchev–Trinajstić information content (AvgIpc) is 2.61. The van der Waals surface area contributed by atoms with Crippen LogP contribution in [0.15, 0.2) is 54.6 Å². The highest BCUT2D eigenvalue weighted by Gasteiger charge is 2.07. The number of nitrogens with zero attached hydrogens (tertiary/aromatic N) is 2. The second-order valence-corrected chi connectivity index (χ2v) is 5.25. The molecule has 0 aliphatic rings. The lowest BCUT2D eigenvalue weighted by molar-refractivity contribution is -0.384. The maximum atomic E-state index is 12.8. The third-order valence-corrected chi connectivity index (χ3v) is 3.38. The van der Waals surface area contributed by atoms with Crippen LogP contribution >= 0.6 is 0 Å². The number of nitro groups is 1. The number of halogens is 1. The molecule has 0 aromatic heterocycles. The fourth-order valence-corrected chi connectivity index (χ4v) is 1.98. The summed E-state index contributed by atoms with van der Waals surface area (Å²) in [4.78, 5) is 23.7. The van der Waals surface area contributed by atoms with Crippen LogP contribution in [0.2, 0.25) is 0 Å². The maximum Gasteiger partial charge on any atom is 0.270 e. The van der Waals surface area contributed by atoms with Crippen LogP contribution in [0.5, 0.6) is 5.75 Å². The number of non-ortho nitro benzene ring substituents is 1. The second kappa shape index (κ2) is 8.58. The number of rotatable bonds is 7. The Morgan fingerprint density at radius 2 is 2.00 bits per heavy atom. The number of carbonyl (C=O) groups excluding carboxylic acids is 1. The molecule has 0 aliphatic carbocycles. The Bertz CT molecular complexity index is 775. The third kappa shape index (κ3) is 5.72. The van der Waals surface area contributed by atoms with Crippen LogP contribution in [0, 0.1) is 15.9 Å². The van der Waals surface area contributed by atoms with E-state index < -0.39 is 4.92 Å². The highest BCUT2D eigenvalue weighted by Crippen LogP contribution is 2.14. The van der Waals surface area contributed by atoms with E-state index in [1.807, 2.05) is 0 Å². The van der Waals surface area contributed by atoms with E-state index in [0.29, 0.717) is 17.9 Å². The molecule has 0 fully saturated rings. The normalized spacial score (nSPS) is 10.6. The van der Waals surface area contributed by atoms with Gasteiger partial charge in [0.05, 0.1) is 11.5 Å². The molecule has 0 N–H and O–H groups in total. The molecule has 0 spiro atoms. The lowest BCUT2D eigenvalue weighted by Gasteiger charge is -2.15. The maximum absolute atomic E-state index is 12.8. The second-order valence-electron chi connectivity index (χ2n) is 5.25. The fraction of sp³-hybridized carbons (Fsp3) is 0.167. The zero-order valence-electron chi connectivity index (χ0n) is 13.6. The summed E-state index contributed by atoms with van der Waals surface area (Å²) in [7, 11) is 1.62. The summed E-state index contributed by atoms with van der Waals surface area (Å²) in [6.45, 7) is 0.605. The first-order chi connectivity index (χ1) is 12.0. The number of carbonyl (C=O) groups is 1. The van der Waals surface area contributed by atoms with Gasteiger partial charge >= 0.3 is 0 Å². The van der Waals surface area contributed by atoms with Gasteiger partial charge in [-0.15, -0.1) is 0 Å². The quantitative estimate of drug-likeness (QED) is 0.439. The minimum absolute atomic E-state index is 0.0318. The van der Waals surface area contributed by atoms with Gasteiger partial charge in [0.1, 0.15) is 18.2 Å². The molecule has 6 nitrogen and oxygen atoms in total. The largest absolute Gasteiger partial charge is 0.492 e. The summed E-state index contributed by atoms with van der Waals surface area (Å²) >= 11 is 0. The van der Waals surface area contributed by atoms with Crippen LogP contribution in [0.4, 0.5) is 10.1 Å². The Kier molecular flexibility index (Phi) is 6.22. The van der Waals surface area contributed by atoms with Crippen molar-refractivity contribution >= 4 is 17.7 Å². The highest BCUT2D eigenvalue weighted by atomic mass is 19.1. The molecule has 0 bridgehead atoms. The number of amides is 1. The Labute approximate surface area is 144 Å². The van der Waals surface area contributed by atoms with Gasteiger partial charge in [-0.3, -0.25) is 14.9 Å². The molecule has 130 valence electrons. The van der Waals surface area contributed by atoms with E-state index in [1.54, 1.807) is 19.2 Å². The Hall–Kier alpha value is -3.22. The van der Waals surface area contributed by atoms with Crippen molar-refractivity contribution in [1.29, 1.82) is 0 Å². The Balaban J connectivity index is 1.84. The predicted molar refractivity (Wildman–Crippen MR) is 91.7 cm³/mol. The smallest absolute Gasteiger partial charge is 0.270 e. The predicted octanol–water partition coefficient (Wildman–Crippen LogP) is 3.28. The molecule has 0 saturated carbocycles. The van der Waals surface area contributed by atoms with E-state index in [9.17, 15) is 19.3 Å². The molecule has 0 unspecified atom stereocenters. The van der Waals surface area contributed by atoms with E-state index in [4.69, 9.17) is 4.74 Å². The van der Waals surface area contributed by atoms with Crippen LogP contribution in [-0.2, 0) is 4.79 Å². The van der Waals surface area contributed by atoms with Crippen LogP contribution in [0.1, 0.15) is 5.56 Å². The molecule has 0 aliphatic heterocycles. The van der Waals surface area contributed by atoms with Crippen molar-refractivity contribution < 1.29 is 18.8 Å². The molecular weight excluding hydrogens is 327 g/mol. The summed E-state index contributed by atoms with van der Waals surface area (Å²) in [6.07, 6.45) is 2.86. The lowest BCUT2D eigenvalue weighted by Crippen LogP contribution is -2.29. The number of likely N-dealkylation sites (N-methyl/N-ethyl adjacent to an activating group) is 1. The molecule has 7 heteroatoms. The zero-order chi connectivity index (χ0) is 18.2. The third-order valence-electron chi connectivity index (χ3n) is 3.38. The van der Waals surface area contributed by atoms with Crippen molar-refractivity contribution in [3.8, 4) is 5.75 Å². The topological polar surface area (TPSA) is 72.7 Å². The lowest BCUT2D eigenvalue weighted by atomic mass is 10.2. The van der Waals surface area contributed by atoms with Gasteiger partial charge in [-0.25, -0.2) is 4.39 Å². The van der Waals surface area contributed by atoms with Gasteiger partial charge in [-0.2, -0.15) is 0 Å². The summed E-state index contributed by atoms with van der Waals surface area (Å²) in [6, 6.07) is 11.6. The van der Waals surface area contributed by atoms with Gasteiger partial charge in [0.2, 0.25) is 5.91 Å². The van der Waals surface area contributed by atoms with Gasteiger partial charge in [0.25, 0.3) is 5.69 Å². The number of nitro benzene ring substituents is 1. The summed E-state index contributed by atoms with van der Waals surface area (Å²) in [5.74, 6) is -0.0745. The van der Waals surface area contributed by atoms with Crippen LogP contribution < -0.4 is 4.74 Å². The van der Waals surface area contributed by atoms with Crippen LogP contribution in [-0.4, -0.2) is 35.9 Å². The molecule has 2 rings (SSSR count). The van der Waals surface area contributed by atoms with Gasteiger partial charge < -0.3 is 9.64 Å². The molecule has 0 radical (unpaired) electrons. The van der Waals surface area contributed by atoms with Crippen molar-refractivity contribution in [3.05, 3.63) is 76.1 Å². The molecule has 2 aromatic rings. The monoisotopic (exact) mass is 344 g/mol. The summed E-state index contributed by atoms with van der Waals surface area (Å²) in [5, 5.41) is 10.7.